The molecule has 5 nitrogen and oxygen atoms in total. The summed E-state index contributed by atoms with van der Waals surface area (Å²) in [5.41, 5.74) is 0.373. The molecule has 0 aromatic carbocycles. The lowest BCUT2D eigenvalue weighted by Crippen LogP contribution is -2.28. The molecule has 2 N–H and O–H groups in total. The van der Waals surface area contributed by atoms with Crippen LogP contribution >= 0.6 is 0 Å². The third kappa shape index (κ3) is 3.15. The second kappa shape index (κ2) is 5.61. The van der Waals surface area contributed by atoms with Crippen LogP contribution in [0.15, 0.2) is 12.4 Å². The summed E-state index contributed by atoms with van der Waals surface area (Å²) in [6.07, 6.45) is 8.09. The minimum Gasteiger partial charge on any atom is -0.372 e. The van der Waals surface area contributed by atoms with Crippen molar-refractivity contribution in [3.63, 3.8) is 0 Å². The Labute approximate surface area is 101 Å². The molecule has 1 heterocycles. The quantitative estimate of drug-likeness (QED) is 0.809. The normalized spacial score (nSPS) is 15.1. The number of amides is 1. The van der Waals surface area contributed by atoms with Crippen molar-refractivity contribution >= 4 is 11.7 Å². The van der Waals surface area contributed by atoms with E-state index < -0.39 is 0 Å². The molecular formula is C12H18N4O. The van der Waals surface area contributed by atoms with Gasteiger partial charge in [0.05, 0.1) is 12.4 Å². The van der Waals surface area contributed by atoms with E-state index in [9.17, 15) is 4.79 Å². The Kier molecular flexibility index (Phi) is 3.90. The van der Waals surface area contributed by atoms with Gasteiger partial charge in [0, 0.05) is 13.6 Å². The van der Waals surface area contributed by atoms with Crippen LogP contribution in [0, 0.1) is 5.92 Å². The largest absolute Gasteiger partial charge is 0.372 e. The second-order valence-electron chi connectivity index (χ2n) is 4.38. The van der Waals surface area contributed by atoms with Crippen molar-refractivity contribution in [3.05, 3.63) is 18.1 Å². The number of anilines is 1. The molecule has 1 aliphatic rings. The second-order valence-corrected chi connectivity index (χ2v) is 4.38. The highest BCUT2D eigenvalue weighted by molar-refractivity contribution is 5.91. The number of nitrogens with zero attached hydrogens (tertiary/aromatic N) is 2. The van der Waals surface area contributed by atoms with Gasteiger partial charge >= 0.3 is 0 Å². The van der Waals surface area contributed by atoms with Gasteiger partial charge in [-0.2, -0.15) is 0 Å². The lowest BCUT2D eigenvalue weighted by atomic mass is 9.83. The van der Waals surface area contributed by atoms with Gasteiger partial charge in [0.15, 0.2) is 0 Å². The molecule has 0 spiro atoms. The number of carbonyl (C=O) groups is 1. The number of hydrogen-bond acceptors (Lipinski definition) is 4. The zero-order valence-corrected chi connectivity index (χ0v) is 10.1. The Bertz CT molecular complexity index is 373. The molecule has 5 heteroatoms. The summed E-state index contributed by atoms with van der Waals surface area (Å²) in [4.78, 5) is 19.8. The van der Waals surface area contributed by atoms with Crippen molar-refractivity contribution < 1.29 is 4.79 Å². The van der Waals surface area contributed by atoms with E-state index in [1.165, 1.54) is 25.5 Å². The van der Waals surface area contributed by atoms with Crippen LogP contribution in [0.5, 0.6) is 0 Å². The van der Waals surface area contributed by atoms with Gasteiger partial charge in [-0.15, -0.1) is 0 Å². The zero-order valence-electron chi connectivity index (χ0n) is 10.1. The van der Waals surface area contributed by atoms with Gasteiger partial charge in [-0.1, -0.05) is 19.3 Å². The van der Waals surface area contributed by atoms with E-state index in [4.69, 9.17) is 0 Å². The number of rotatable bonds is 5. The van der Waals surface area contributed by atoms with Gasteiger partial charge in [0.1, 0.15) is 11.5 Å². The number of aromatic nitrogens is 2. The average Bonchev–Trinajstić information content (AvgIpc) is 2.32. The fraction of sp³-hybridized carbons (Fsp3) is 0.583. The number of carbonyl (C=O) groups excluding carboxylic acids is 1. The highest BCUT2D eigenvalue weighted by atomic mass is 16.1. The zero-order chi connectivity index (χ0) is 12.1. The Morgan fingerprint density at radius 1 is 1.41 bits per heavy atom. The summed E-state index contributed by atoms with van der Waals surface area (Å²) in [5.74, 6) is 1.34. The molecule has 1 saturated carbocycles. The van der Waals surface area contributed by atoms with E-state index in [2.05, 4.69) is 20.6 Å². The first kappa shape index (κ1) is 11.8. The van der Waals surface area contributed by atoms with Gasteiger partial charge in [0.2, 0.25) is 0 Å². The molecule has 0 bridgehead atoms. The van der Waals surface area contributed by atoms with E-state index in [1.54, 1.807) is 13.2 Å². The van der Waals surface area contributed by atoms with Crippen LogP contribution in [0.1, 0.15) is 36.2 Å². The molecule has 17 heavy (non-hydrogen) atoms. The molecular weight excluding hydrogens is 216 g/mol. The van der Waals surface area contributed by atoms with Crippen LogP contribution in [-0.2, 0) is 0 Å². The van der Waals surface area contributed by atoms with Crippen molar-refractivity contribution in [2.75, 3.05) is 18.9 Å². The Morgan fingerprint density at radius 3 is 2.76 bits per heavy atom. The molecule has 1 fully saturated rings. The van der Waals surface area contributed by atoms with E-state index in [0.29, 0.717) is 11.5 Å². The van der Waals surface area contributed by atoms with Crippen LogP contribution < -0.4 is 10.6 Å². The van der Waals surface area contributed by atoms with E-state index in [0.717, 1.165) is 18.9 Å². The van der Waals surface area contributed by atoms with E-state index in [1.807, 2.05) is 0 Å². The third-order valence-corrected chi connectivity index (χ3v) is 3.20. The first-order valence-corrected chi connectivity index (χ1v) is 6.07. The first-order chi connectivity index (χ1) is 8.29. The SMILES string of the molecule is CNc1cnc(C(=O)NCCC2CCC2)cn1. The third-order valence-electron chi connectivity index (χ3n) is 3.20. The van der Waals surface area contributed by atoms with Crippen LogP contribution in [0.3, 0.4) is 0 Å². The van der Waals surface area contributed by atoms with Crippen LogP contribution in [0.25, 0.3) is 0 Å². The maximum Gasteiger partial charge on any atom is 0.271 e. The smallest absolute Gasteiger partial charge is 0.271 e. The summed E-state index contributed by atoms with van der Waals surface area (Å²) in [6.45, 7) is 0.735. The van der Waals surface area contributed by atoms with Gasteiger partial charge in [-0.05, 0) is 12.3 Å². The molecule has 1 aromatic heterocycles. The molecule has 0 aliphatic heterocycles. The average molecular weight is 234 g/mol. The molecule has 0 unspecified atom stereocenters. The molecule has 1 aliphatic carbocycles. The van der Waals surface area contributed by atoms with Crippen molar-refractivity contribution in [3.8, 4) is 0 Å². The fourth-order valence-electron chi connectivity index (χ4n) is 1.84. The summed E-state index contributed by atoms with van der Waals surface area (Å²) < 4.78 is 0. The summed E-state index contributed by atoms with van der Waals surface area (Å²) >= 11 is 0. The summed E-state index contributed by atoms with van der Waals surface area (Å²) in [6, 6.07) is 0. The number of hydrogen-bond donors (Lipinski definition) is 2. The predicted molar refractivity (Wildman–Crippen MR) is 65.9 cm³/mol. The van der Waals surface area contributed by atoms with Gasteiger partial charge in [0.25, 0.3) is 5.91 Å². The van der Waals surface area contributed by atoms with Crippen LogP contribution in [0.4, 0.5) is 5.82 Å². The van der Waals surface area contributed by atoms with Gasteiger partial charge in [-0.3, -0.25) is 4.79 Å². The Morgan fingerprint density at radius 2 is 2.24 bits per heavy atom. The predicted octanol–water partition coefficient (Wildman–Crippen LogP) is 1.44. The Balaban J connectivity index is 1.77. The maximum absolute atomic E-state index is 11.7. The lowest BCUT2D eigenvalue weighted by Gasteiger charge is -2.25. The summed E-state index contributed by atoms with van der Waals surface area (Å²) in [7, 11) is 1.77. The maximum atomic E-state index is 11.7. The molecule has 0 saturated heterocycles. The van der Waals surface area contributed by atoms with Gasteiger partial charge in [-0.25, -0.2) is 9.97 Å². The van der Waals surface area contributed by atoms with Crippen molar-refractivity contribution in [2.45, 2.75) is 25.7 Å². The summed E-state index contributed by atoms with van der Waals surface area (Å²) in [5, 5.41) is 5.73. The Hall–Kier alpha value is -1.65. The molecule has 0 atom stereocenters. The molecule has 1 amide bonds. The van der Waals surface area contributed by atoms with Crippen LogP contribution in [0.2, 0.25) is 0 Å². The van der Waals surface area contributed by atoms with E-state index in [-0.39, 0.29) is 5.91 Å². The fourth-order valence-corrected chi connectivity index (χ4v) is 1.84. The first-order valence-electron chi connectivity index (χ1n) is 6.07. The standard InChI is InChI=1S/C12H18N4O/c1-13-11-8-15-10(7-16-11)12(17)14-6-5-9-3-2-4-9/h7-9H,2-6H2,1H3,(H,13,16)(H,14,17). The molecule has 92 valence electrons. The molecule has 1 aromatic rings. The minimum absolute atomic E-state index is 0.139. The monoisotopic (exact) mass is 234 g/mol. The molecule has 2 rings (SSSR count). The van der Waals surface area contributed by atoms with Crippen LogP contribution in [-0.4, -0.2) is 29.5 Å². The van der Waals surface area contributed by atoms with Crippen molar-refractivity contribution in [1.29, 1.82) is 0 Å². The lowest BCUT2D eigenvalue weighted by molar-refractivity contribution is 0.0943. The highest BCUT2D eigenvalue weighted by Crippen LogP contribution is 2.28. The topological polar surface area (TPSA) is 66.9 Å². The minimum atomic E-state index is -0.139. The highest BCUT2D eigenvalue weighted by Gasteiger charge is 2.17. The van der Waals surface area contributed by atoms with Gasteiger partial charge < -0.3 is 10.6 Å². The van der Waals surface area contributed by atoms with Crippen molar-refractivity contribution in [2.24, 2.45) is 5.92 Å². The van der Waals surface area contributed by atoms with E-state index >= 15 is 0 Å². The molecule has 0 radical (unpaired) electrons. The van der Waals surface area contributed by atoms with Crippen molar-refractivity contribution in [1.82, 2.24) is 15.3 Å². The number of nitrogens with one attached hydrogen (secondary N) is 2.